The first kappa shape index (κ1) is 25.1. The molecular weight excluding hydrogens is 511 g/mol. The van der Waals surface area contributed by atoms with Crippen molar-refractivity contribution in [2.75, 3.05) is 13.1 Å². The molecule has 1 aliphatic heterocycles. The lowest BCUT2D eigenvalue weighted by molar-refractivity contribution is -0.134. The van der Waals surface area contributed by atoms with E-state index in [0.717, 1.165) is 24.0 Å². The fraction of sp³-hybridized carbons (Fsp3) is 0.308. The zero-order chi connectivity index (χ0) is 24.4. The molecule has 2 heterocycles. The summed E-state index contributed by atoms with van der Waals surface area (Å²) in [5, 5.41) is 3.59. The smallest absolute Gasteiger partial charge is 0.254 e. The third-order valence-corrected chi connectivity index (χ3v) is 8.10. The van der Waals surface area contributed by atoms with Crippen LogP contribution < -0.4 is 0 Å². The third-order valence-electron chi connectivity index (χ3n) is 6.30. The van der Waals surface area contributed by atoms with Crippen molar-refractivity contribution in [1.29, 1.82) is 0 Å². The molecule has 4 rings (SSSR count). The second-order valence-corrected chi connectivity index (χ2v) is 10.7. The van der Waals surface area contributed by atoms with Crippen LogP contribution in [0.5, 0.6) is 0 Å². The Hall–Kier alpha value is -2.05. The minimum Gasteiger partial charge on any atom is -0.330 e. The molecule has 1 aromatic heterocycles. The number of hydrogen-bond donors (Lipinski definition) is 0. The number of hydrogen-bond acceptors (Lipinski definition) is 3. The van der Waals surface area contributed by atoms with Gasteiger partial charge in [0.15, 0.2) is 0 Å². The molecular formula is C26H25Cl3N2O2S. The summed E-state index contributed by atoms with van der Waals surface area (Å²) in [6, 6.07) is 13.8. The van der Waals surface area contributed by atoms with Gasteiger partial charge < -0.3 is 9.80 Å². The summed E-state index contributed by atoms with van der Waals surface area (Å²) >= 11 is 20.5. The number of benzene rings is 2. The first-order valence-electron chi connectivity index (χ1n) is 11.2. The van der Waals surface area contributed by atoms with E-state index in [1.165, 1.54) is 4.88 Å². The molecule has 3 aromatic rings. The second-order valence-electron chi connectivity index (χ2n) is 8.41. The van der Waals surface area contributed by atoms with E-state index < -0.39 is 0 Å². The molecule has 0 bridgehead atoms. The van der Waals surface area contributed by atoms with Gasteiger partial charge in [0.25, 0.3) is 5.91 Å². The van der Waals surface area contributed by atoms with Gasteiger partial charge in [0.2, 0.25) is 5.91 Å². The zero-order valence-corrected chi connectivity index (χ0v) is 22.0. The molecule has 178 valence electrons. The highest BCUT2D eigenvalue weighted by Gasteiger charge is 2.35. The van der Waals surface area contributed by atoms with E-state index in [2.05, 4.69) is 6.07 Å². The summed E-state index contributed by atoms with van der Waals surface area (Å²) in [5.41, 5.74) is 2.37. The Bertz CT molecular complexity index is 1210. The van der Waals surface area contributed by atoms with E-state index in [9.17, 15) is 9.59 Å². The van der Waals surface area contributed by atoms with Crippen molar-refractivity contribution < 1.29 is 9.59 Å². The Morgan fingerprint density at radius 1 is 1.09 bits per heavy atom. The maximum absolute atomic E-state index is 13.8. The zero-order valence-electron chi connectivity index (χ0n) is 18.9. The van der Waals surface area contributed by atoms with E-state index >= 15 is 0 Å². The third kappa shape index (κ3) is 5.13. The largest absolute Gasteiger partial charge is 0.330 e. The average molecular weight is 536 g/mol. The van der Waals surface area contributed by atoms with Gasteiger partial charge in [0, 0.05) is 38.1 Å². The molecule has 4 nitrogen and oxygen atoms in total. The maximum atomic E-state index is 13.8. The van der Waals surface area contributed by atoms with Gasteiger partial charge in [-0.05, 0) is 72.7 Å². The predicted molar refractivity (Wildman–Crippen MR) is 140 cm³/mol. The van der Waals surface area contributed by atoms with Crippen molar-refractivity contribution in [3.8, 4) is 0 Å². The van der Waals surface area contributed by atoms with Gasteiger partial charge in [-0.25, -0.2) is 0 Å². The fourth-order valence-electron chi connectivity index (χ4n) is 4.32. The van der Waals surface area contributed by atoms with E-state index in [1.54, 1.807) is 52.6 Å². The highest BCUT2D eigenvalue weighted by Crippen LogP contribution is 2.41. The van der Waals surface area contributed by atoms with E-state index in [0.29, 0.717) is 27.2 Å². The van der Waals surface area contributed by atoms with Crippen LogP contribution in [0.3, 0.4) is 0 Å². The molecule has 0 aliphatic carbocycles. The van der Waals surface area contributed by atoms with Crippen molar-refractivity contribution in [3.63, 3.8) is 0 Å². The molecule has 0 fully saturated rings. The lowest BCUT2D eigenvalue weighted by atomic mass is 9.93. The molecule has 34 heavy (non-hydrogen) atoms. The number of nitrogens with zero attached hydrogens (tertiary/aromatic N) is 2. The summed E-state index contributed by atoms with van der Waals surface area (Å²) in [6.07, 6.45) is 1.49. The molecule has 1 aliphatic rings. The number of carbonyl (C=O) groups excluding carboxylic acids is 2. The van der Waals surface area contributed by atoms with Crippen LogP contribution in [0.1, 0.15) is 52.7 Å². The Labute approximate surface area is 219 Å². The number of amides is 2. The van der Waals surface area contributed by atoms with Crippen LogP contribution >= 0.6 is 46.1 Å². The van der Waals surface area contributed by atoms with Crippen molar-refractivity contribution in [1.82, 2.24) is 9.80 Å². The quantitative estimate of drug-likeness (QED) is 0.337. The van der Waals surface area contributed by atoms with Crippen LogP contribution in [0.25, 0.3) is 0 Å². The van der Waals surface area contributed by atoms with Gasteiger partial charge in [-0.3, -0.25) is 9.59 Å². The summed E-state index contributed by atoms with van der Waals surface area (Å²) in [5.74, 6) is -0.331. The number of thiophene rings is 1. The van der Waals surface area contributed by atoms with Gasteiger partial charge >= 0.3 is 0 Å². The normalized spacial score (nSPS) is 16.1. The van der Waals surface area contributed by atoms with E-state index in [4.69, 9.17) is 34.8 Å². The molecule has 0 saturated heterocycles. The molecule has 2 atom stereocenters. The average Bonchev–Trinajstić information content (AvgIpc) is 3.30. The fourth-order valence-corrected chi connectivity index (χ4v) is 5.92. The number of rotatable bonds is 6. The summed E-state index contributed by atoms with van der Waals surface area (Å²) in [4.78, 5) is 31.9. The Kier molecular flexibility index (Phi) is 7.88. The van der Waals surface area contributed by atoms with Crippen LogP contribution in [0.2, 0.25) is 15.1 Å². The number of halogens is 3. The molecule has 0 saturated carbocycles. The maximum Gasteiger partial charge on any atom is 0.254 e. The monoisotopic (exact) mass is 534 g/mol. The lowest BCUT2D eigenvalue weighted by Gasteiger charge is -2.38. The molecule has 0 unspecified atom stereocenters. The second kappa shape index (κ2) is 10.7. The molecule has 0 radical (unpaired) electrons. The number of fused-ring (bicyclic) bond motifs is 1. The van der Waals surface area contributed by atoms with Crippen LogP contribution in [0, 0.1) is 0 Å². The summed E-state index contributed by atoms with van der Waals surface area (Å²) in [6.45, 7) is 4.48. The standard InChI is InChI=1S/C26H25Cl3N2O2S/c1-3-16(2)31(26(33)17-5-4-6-18(27)13-17)15-24(32)30-11-9-23-21(10-12-34-23)25(30)20-8-7-19(28)14-22(20)29/h4-8,10,12-14,16,25H,3,9,11,15H2,1-2H3/t16-,25-/m1/s1. The first-order valence-corrected chi connectivity index (χ1v) is 13.2. The lowest BCUT2D eigenvalue weighted by Crippen LogP contribution is -2.49. The molecule has 2 aromatic carbocycles. The van der Waals surface area contributed by atoms with Crippen molar-refractivity contribution in [3.05, 3.63) is 90.5 Å². The predicted octanol–water partition coefficient (Wildman–Crippen LogP) is 7.12. The van der Waals surface area contributed by atoms with Gasteiger partial charge in [-0.1, -0.05) is 53.9 Å². The molecule has 0 spiro atoms. The summed E-state index contributed by atoms with van der Waals surface area (Å²) < 4.78 is 0. The van der Waals surface area contributed by atoms with Crippen LogP contribution in [0.4, 0.5) is 0 Å². The van der Waals surface area contributed by atoms with Gasteiger partial charge in [0.05, 0.1) is 6.04 Å². The minimum atomic E-state index is -0.327. The van der Waals surface area contributed by atoms with Crippen molar-refractivity contribution >= 4 is 58.0 Å². The van der Waals surface area contributed by atoms with Crippen LogP contribution in [-0.2, 0) is 11.2 Å². The van der Waals surface area contributed by atoms with E-state index in [-0.39, 0.29) is 30.4 Å². The van der Waals surface area contributed by atoms with Gasteiger partial charge in [0.1, 0.15) is 6.54 Å². The topological polar surface area (TPSA) is 40.6 Å². The molecule has 2 amide bonds. The van der Waals surface area contributed by atoms with E-state index in [1.807, 2.05) is 30.2 Å². The first-order chi connectivity index (χ1) is 16.3. The minimum absolute atomic E-state index is 0.0263. The number of carbonyl (C=O) groups is 2. The van der Waals surface area contributed by atoms with Crippen LogP contribution in [-0.4, -0.2) is 40.7 Å². The molecule has 8 heteroatoms. The Morgan fingerprint density at radius 2 is 1.85 bits per heavy atom. The SMILES string of the molecule is CC[C@@H](C)N(CC(=O)N1CCc2sccc2[C@H]1c1ccc(Cl)cc1Cl)C(=O)c1cccc(Cl)c1. The van der Waals surface area contributed by atoms with Gasteiger partial charge in [-0.15, -0.1) is 11.3 Å². The molecule has 0 N–H and O–H groups in total. The Balaban J connectivity index is 1.67. The van der Waals surface area contributed by atoms with Crippen molar-refractivity contribution in [2.24, 2.45) is 0 Å². The highest BCUT2D eigenvalue weighted by atomic mass is 35.5. The highest BCUT2D eigenvalue weighted by molar-refractivity contribution is 7.10. The van der Waals surface area contributed by atoms with Crippen LogP contribution in [0.15, 0.2) is 53.9 Å². The van der Waals surface area contributed by atoms with Crippen molar-refractivity contribution in [2.45, 2.75) is 38.8 Å². The Morgan fingerprint density at radius 3 is 2.56 bits per heavy atom. The summed E-state index contributed by atoms with van der Waals surface area (Å²) in [7, 11) is 0. The van der Waals surface area contributed by atoms with Gasteiger partial charge in [-0.2, -0.15) is 0 Å².